The Morgan fingerprint density at radius 2 is 1.74 bits per heavy atom. The first-order valence-electron chi connectivity index (χ1n) is 11.6. The van der Waals surface area contributed by atoms with Crippen molar-refractivity contribution < 1.29 is 19.1 Å². The summed E-state index contributed by atoms with van der Waals surface area (Å²) < 4.78 is 10.9. The van der Waals surface area contributed by atoms with Gasteiger partial charge in [-0.2, -0.15) is 0 Å². The molecule has 1 saturated carbocycles. The minimum absolute atomic E-state index is 0.0197. The van der Waals surface area contributed by atoms with E-state index in [4.69, 9.17) is 9.47 Å². The Kier molecular flexibility index (Phi) is 5.52. The largest absolute Gasteiger partial charge is 0.454 e. The van der Waals surface area contributed by atoms with E-state index < -0.39 is 5.41 Å². The Hall–Kier alpha value is -3.80. The van der Waals surface area contributed by atoms with E-state index in [2.05, 4.69) is 30.5 Å². The molecule has 2 aliphatic rings. The van der Waals surface area contributed by atoms with Crippen LogP contribution in [-0.4, -0.2) is 25.7 Å². The van der Waals surface area contributed by atoms with Gasteiger partial charge in [0.1, 0.15) is 0 Å². The van der Waals surface area contributed by atoms with Crippen molar-refractivity contribution in [3.05, 3.63) is 77.4 Å². The van der Waals surface area contributed by atoms with Crippen LogP contribution in [0.3, 0.4) is 0 Å². The first-order valence-corrected chi connectivity index (χ1v) is 11.6. The fraction of sp³-hybridized carbons (Fsp3) is 0.286. The summed E-state index contributed by atoms with van der Waals surface area (Å²) in [6.07, 6.45) is 1.59. The molecule has 34 heavy (non-hydrogen) atoms. The number of nitrogens with one attached hydrogen (secondary N) is 2. The van der Waals surface area contributed by atoms with Crippen LogP contribution in [0.5, 0.6) is 11.5 Å². The molecule has 5 rings (SSSR count). The molecular weight excluding hydrogens is 428 g/mol. The van der Waals surface area contributed by atoms with Gasteiger partial charge in [-0.1, -0.05) is 38.1 Å². The molecule has 1 fully saturated rings. The van der Waals surface area contributed by atoms with Gasteiger partial charge in [-0.05, 0) is 77.4 Å². The van der Waals surface area contributed by atoms with Gasteiger partial charge >= 0.3 is 0 Å². The van der Waals surface area contributed by atoms with Crippen LogP contribution in [0.4, 0.5) is 5.69 Å². The van der Waals surface area contributed by atoms with Crippen molar-refractivity contribution in [2.24, 2.45) is 0 Å². The minimum atomic E-state index is -0.545. The molecule has 0 aromatic heterocycles. The third-order valence-electron chi connectivity index (χ3n) is 6.71. The molecule has 2 amide bonds. The predicted octanol–water partition coefficient (Wildman–Crippen LogP) is 5.24. The van der Waals surface area contributed by atoms with E-state index in [1.807, 2.05) is 48.5 Å². The number of ether oxygens (including phenoxy) is 2. The highest BCUT2D eigenvalue weighted by atomic mass is 16.7. The first kappa shape index (κ1) is 22.0. The zero-order valence-corrected chi connectivity index (χ0v) is 19.6. The fourth-order valence-corrected chi connectivity index (χ4v) is 4.58. The average Bonchev–Trinajstić information content (AvgIpc) is 3.54. The van der Waals surface area contributed by atoms with Gasteiger partial charge in [0, 0.05) is 18.3 Å². The number of fused-ring (bicyclic) bond motifs is 1. The number of carbonyl (C=O) groups excluding carboxylic acids is 2. The molecule has 3 aromatic carbocycles. The van der Waals surface area contributed by atoms with E-state index in [-0.39, 0.29) is 24.5 Å². The summed E-state index contributed by atoms with van der Waals surface area (Å²) in [5, 5.41) is 5.82. The van der Waals surface area contributed by atoms with E-state index >= 15 is 0 Å². The average molecular weight is 457 g/mol. The number of rotatable bonds is 6. The first-order chi connectivity index (χ1) is 16.4. The lowest BCUT2D eigenvalue weighted by Gasteiger charge is -2.19. The monoisotopic (exact) mass is 456 g/mol. The van der Waals surface area contributed by atoms with Crippen molar-refractivity contribution in [2.75, 3.05) is 19.2 Å². The molecule has 0 saturated heterocycles. The number of amides is 2. The van der Waals surface area contributed by atoms with Crippen molar-refractivity contribution in [1.29, 1.82) is 0 Å². The second-order valence-corrected chi connectivity index (χ2v) is 9.22. The third kappa shape index (κ3) is 3.89. The van der Waals surface area contributed by atoms with Crippen molar-refractivity contribution in [3.8, 4) is 22.6 Å². The van der Waals surface area contributed by atoms with Crippen molar-refractivity contribution >= 4 is 17.5 Å². The van der Waals surface area contributed by atoms with Crippen LogP contribution < -0.4 is 20.1 Å². The molecule has 0 radical (unpaired) electrons. The van der Waals surface area contributed by atoms with Crippen molar-refractivity contribution in [1.82, 2.24) is 5.32 Å². The molecule has 0 spiro atoms. The smallest absolute Gasteiger partial charge is 0.251 e. The van der Waals surface area contributed by atoms with E-state index in [0.29, 0.717) is 17.1 Å². The molecule has 6 heteroatoms. The lowest BCUT2D eigenvalue weighted by Crippen LogP contribution is -2.27. The number of anilines is 1. The van der Waals surface area contributed by atoms with Gasteiger partial charge in [0.15, 0.2) is 11.5 Å². The Bertz CT molecular complexity index is 1280. The van der Waals surface area contributed by atoms with Gasteiger partial charge in [-0.25, -0.2) is 0 Å². The molecule has 3 aromatic rings. The topological polar surface area (TPSA) is 76.7 Å². The number of carbonyl (C=O) groups is 2. The number of hydrogen-bond acceptors (Lipinski definition) is 4. The highest BCUT2D eigenvalue weighted by molar-refractivity contribution is 6.02. The third-order valence-corrected chi connectivity index (χ3v) is 6.71. The van der Waals surface area contributed by atoms with Crippen molar-refractivity contribution in [2.45, 2.75) is 38.0 Å². The Morgan fingerprint density at radius 3 is 2.47 bits per heavy atom. The highest BCUT2D eigenvalue weighted by Gasteiger charge is 2.51. The highest BCUT2D eigenvalue weighted by Crippen LogP contribution is 2.51. The standard InChI is InChI=1S/C28H28N2O4/c1-17(2)22-9-8-21(15-23(22)18-5-4-6-19(13-18)26(31)29-3)30-27(32)28(11-12-28)20-7-10-24-25(14-20)34-16-33-24/h4-10,13-15,17H,11-12,16H2,1-3H3,(H,29,31)(H,30,32). The summed E-state index contributed by atoms with van der Waals surface area (Å²) in [5.41, 5.74) is 4.85. The Balaban J connectivity index is 1.45. The lowest BCUT2D eigenvalue weighted by molar-refractivity contribution is -0.118. The molecule has 0 atom stereocenters. The Morgan fingerprint density at radius 1 is 0.941 bits per heavy atom. The summed E-state index contributed by atoms with van der Waals surface area (Å²) >= 11 is 0. The lowest BCUT2D eigenvalue weighted by atomic mass is 9.91. The molecule has 0 bridgehead atoms. The minimum Gasteiger partial charge on any atom is -0.454 e. The summed E-state index contributed by atoms with van der Waals surface area (Å²) in [6.45, 7) is 4.49. The quantitative estimate of drug-likeness (QED) is 0.532. The summed E-state index contributed by atoms with van der Waals surface area (Å²) in [5.74, 6) is 1.54. The second kappa shape index (κ2) is 8.52. The van der Waals surface area contributed by atoms with Gasteiger partial charge < -0.3 is 20.1 Å². The molecule has 0 unspecified atom stereocenters. The van der Waals surface area contributed by atoms with Crippen molar-refractivity contribution in [3.63, 3.8) is 0 Å². The zero-order chi connectivity index (χ0) is 23.9. The zero-order valence-electron chi connectivity index (χ0n) is 19.6. The van der Waals surface area contributed by atoms with Gasteiger partial charge in [-0.15, -0.1) is 0 Å². The molecule has 2 N–H and O–H groups in total. The van der Waals surface area contributed by atoms with E-state index in [1.54, 1.807) is 13.1 Å². The summed E-state index contributed by atoms with van der Waals surface area (Å²) in [4.78, 5) is 25.6. The normalized spacial score (nSPS) is 15.2. The molecule has 174 valence electrons. The van der Waals surface area contributed by atoms with Crippen LogP contribution in [0.1, 0.15) is 54.1 Å². The van der Waals surface area contributed by atoms with Crippen LogP contribution in [0.15, 0.2) is 60.7 Å². The van der Waals surface area contributed by atoms with Crippen LogP contribution in [0.2, 0.25) is 0 Å². The van der Waals surface area contributed by atoms with E-state index in [0.717, 1.165) is 40.8 Å². The van der Waals surface area contributed by atoms with Crippen LogP contribution in [0.25, 0.3) is 11.1 Å². The Labute approximate surface area is 199 Å². The molecule has 1 heterocycles. The molecule has 6 nitrogen and oxygen atoms in total. The summed E-state index contributed by atoms with van der Waals surface area (Å²) in [6, 6.07) is 19.3. The van der Waals surface area contributed by atoms with Gasteiger partial charge in [-0.3, -0.25) is 9.59 Å². The van der Waals surface area contributed by atoms with Gasteiger partial charge in [0.2, 0.25) is 12.7 Å². The number of benzene rings is 3. The van der Waals surface area contributed by atoms with Gasteiger partial charge in [0.05, 0.1) is 5.41 Å². The second-order valence-electron chi connectivity index (χ2n) is 9.22. The van der Waals surface area contributed by atoms with Crippen LogP contribution >= 0.6 is 0 Å². The maximum absolute atomic E-state index is 13.4. The molecular formula is C28H28N2O4. The molecule has 1 aliphatic heterocycles. The fourth-order valence-electron chi connectivity index (χ4n) is 4.58. The van der Waals surface area contributed by atoms with Crippen LogP contribution in [0, 0.1) is 0 Å². The molecule has 1 aliphatic carbocycles. The summed E-state index contributed by atoms with van der Waals surface area (Å²) in [7, 11) is 1.62. The predicted molar refractivity (Wildman–Crippen MR) is 131 cm³/mol. The SMILES string of the molecule is CNC(=O)c1cccc(-c2cc(NC(=O)C3(c4ccc5c(c4)OCO5)CC3)ccc2C(C)C)c1. The van der Waals surface area contributed by atoms with E-state index in [9.17, 15) is 9.59 Å². The maximum atomic E-state index is 13.4. The van der Waals surface area contributed by atoms with Crippen LogP contribution in [-0.2, 0) is 10.2 Å². The van der Waals surface area contributed by atoms with E-state index in [1.165, 1.54) is 0 Å². The number of hydrogen-bond donors (Lipinski definition) is 2. The van der Waals surface area contributed by atoms with Gasteiger partial charge in [0.25, 0.3) is 5.91 Å². The maximum Gasteiger partial charge on any atom is 0.251 e.